The van der Waals surface area contributed by atoms with Crippen LogP contribution in [0.1, 0.15) is 57.0 Å². The van der Waals surface area contributed by atoms with Crippen LogP contribution in [0.25, 0.3) is 21.0 Å². The van der Waals surface area contributed by atoms with E-state index in [1.165, 1.54) is 0 Å². The maximum Gasteiger partial charge on any atom is 0.335 e. The van der Waals surface area contributed by atoms with Gasteiger partial charge in [-0.3, -0.25) is 0 Å². The van der Waals surface area contributed by atoms with Gasteiger partial charge >= 0.3 is 11.9 Å². The second-order valence-corrected chi connectivity index (χ2v) is 9.68. The van der Waals surface area contributed by atoms with E-state index in [1.807, 2.05) is 32.2 Å². The Morgan fingerprint density at radius 2 is 1.73 bits per heavy atom. The fraction of sp³-hybridized carbons (Fsp3) is 0.385. The van der Waals surface area contributed by atoms with Gasteiger partial charge in [0.1, 0.15) is 10.8 Å². The minimum absolute atomic E-state index is 0.176. The monoisotopic (exact) mass is 469 g/mol. The number of carboxylic acid groups (broad SMARTS) is 1. The largest absolute Gasteiger partial charge is 0.478 e. The maximum absolute atomic E-state index is 11.1. The molecule has 1 N–H and O–H groups in total. The number of ether oxygens (including phenoxy) is 3. The molecule has 6 nitrogen and oxygen atoms in total. The topological polar surface area (TPSA) is 77.9 Å². The van der Waals surface area contributed by atoms with Gasteiger partial charge in [0.25, 0.3) is 0 Å². The first-order valence-electron chi connectivity index (χ1n) is 10.9. The van der Waals surface area contributed by atoms with Gasteiger partial charge in [-0.2, -0.15) is 0 Å². The molecule has 0 amide bonds. The van der Waals surface area contributed by atoms with E-state index in [2.05, 4.69) is 31.8 Å². The zero-order valence-corrected chi connectivity index (χ0v) is 20.8. The molecule has 0 saturated heterocycles. The van der Waals surface area contributed by atoms with Crippen LogP contribution in [0.4, 0.5) is 0 Å². The molecular weight excluding hydrogens is 438 g/mol. The van der Waals surface area contributed by atoms with Gasteiger partial charge in [0, 0.05) is 30.9 Å². The van der Waals surface area contributed by atoms with Gasteiger partial charge in [-0.05, 0) is 48.2 Å². The van der Waals surface area contributed by atoms with Crippen molar-refractivity contribution in [3.8, 4) is 26.8 Å². The van der Waals surface area contributed by atoms with Crippen molar-refractivity contribution in [3.63, 3.8) is 0 Å². The highest BCUT2D eigenvalue weighted by atomic mass is 32.1. The van der Waals surface area contributed by atoms with Crippen LogP contribution < -0.4 is 4.74 Å². The van der Waals surface area contributed by atoms with Crippen LogP contribution in [0.2, 0.25) is 0 Å². The normalized spacial score (nSPS) is 13.5. The number of aromatic carboxylic acids is 1. The second-order valence-electron chi connectivity index (χ2n) is 8.65. The molecule has 176 valence electrons. The second kappa shape index (κ2) is 10.0. The van der Waals surface area contributed by atoms with Gasteiger partial charge in [-0.25, -0.2) is 9.78 Å². The number of rotatable bonds is 9. The molecule has 3 rings (SSSR count). The van der Waals surface area contributed by atoms with Gasteiger partial charge in [0.2, 0.25) is 0 Å². The summed E-state index contributed by atoms with van der Waals surface area (Å²) in [5.41, 5.74) is 3.04. The SMILES string of the molecule is CCOC(CC)(OC)Oc1ccc(-c2cnc(-c3ccc(C(=O)O)cc3)s2)cc1C(C)(C)C. The Labute approximate surface area is 199 Å². The molecule has 33 heavy (non-hydrogen) atoms. The predicted octanol–water partition coefficient (Wildman–Crippen LogP) is 6.60. The zero-order chi connectivity index (χ0) is 24.2. The summed E-state index contributed by atoms with van der Waals surface area (Å²) in [4.78, 5) is 16.7. The Morgan fingerprint density at radius 1 is 1.06 bits per heavy atom. The van der Waals surface area contributed by atoms with E-state index in [1.54, 1.807) is 42.7 Å². The number of carboxylic acids is 1. The molecule has 3 aromatic rings. The number of methoxy groups -OCH3 is 1. The highest BCUT2D eigenvalue weighted by molar-refractivity contribution is 7.18. The van der Waals surface area contributed by atoms with Gasteiger partial charge in [-0.1, -0.05) is 39.8 Å². The molecule has 0 radical (unpaired) electrons. The average molecular weight is 470 g/mol. The smallest absolute Gasteiger partial charge is 0.335 e. The van der Waals surface area contributed by atoms with Crippen LogP contribution in [0.15, 0.2) is 48.7 Å². The zero-order valence-electron chi connectivity index (χ0n) is 20.0. The highest BCUT2D eigenvalue weighted by Gasteiger charge is 2.33. The Morgan fingerprint density at radius 3 is 2.27 bits per heavy atom. The van der Waals surface area contributed by atoms with E-state index in [9.17, 15) is 4.79 Å². The number of benzene rings is 2. The molecule has 0 bridgehead atoms. The molecule has 1 heterocycles. The lowest BCUT2D eigenvalue weighted by Crippen LogP contribution is -2.41. The molecule has 7 heteroatoms. The number of nitrogens with zero attached hydrogens (tertiary/aromatic N) is 1. The number of hydrogen-bond acceptors (Lipinski definition) is 6. The van der Waals surface area contributed by atoms with E-state index in [0.29, 0.717) is 13.0 Å². The van der Waals surface area contributed by atoms with Crippen molar-refractivity contribution in [2.24, 2.45) is 0 Å². The van der Waals surface area contributed by atoms with Crippen molar-refractivity contribution < 1.29 is 24.1 Å². The summed E-state index contributed by atoms with van der Waals surface area (Å²) >= 11 is 1.56. The first-order valence-corrected chi connectivity index (χ1v) is 11.8. The standard InChI is InChI=1S/C26H31NO5S/c1-7-26(30-6,31-8-2)32-21-14-13-19(15-20(21)25(3,4)5)22-16-27-23(33-22)17-9-11-18(12-10-17)24(28)29/h9-16H,7-8H2,1-6H3,(H,28,29). The van der Waals surface area contributed by atoms with E-state index in [0.717, 1.165) is 32.3 Å². The van der Waals surface area contributed by atoms with Crippen molar-refractivity contribution >= 4 is 17.3 Å². The quantitative estimate of drug-likeness (QED) is 0.356. The molecule has 0 spiro atoms. The van der Waals surface area contributed by atoms with Gasteiger partial charge in [-0.15, -0.1) is 11.3 Å². The molecule has 1 aromatic heterocycles. The summed E-state index contributed by atoms with van der Waals surface area (Å²) in [6, 6.07) is 12.9. The third-order valence-electron chi connectivity index (χ3n) is 5.33. The fourth-order valence-corrected chi connectivity index (χ4v) is 4.41. The van der Waals surface area contributed by atoms with Crippen molar-refractivity contribution in [1.82, 2.24) is 4.98 Å². The minimum atomic E-state index is -1.13. The molecule has 0 aliphatic rings. The van der Waals surface area contributed by atoms with Crippen LogP contribution in [0.5, 0.6) is 5.75 Å². The summed E-state index contributed by atoms with van der Waals surface area (Å²) < 4.78 is 17.7. The minimum Gasteiger partial charge on any atom is -0.478 e. The average Bonchev–Trinajstić information content (AvgIpc) is 3.28. The predicted molar refractivity (Wildman–Crippen MR) is 131 cm³/mol. The van der Waals surface area contributed by atoms with Crippen molar-refractivity contribution in [2.75, 3.05) is 13.7 Å². The Kier molecular flexibility index (Phi) is 7.57. The first kappa shape index (κ1) is 24.9. The van der Waals surface area contributed by atoms with Crippen LogP contribution in [0.3, 0.4) is 0 Å². The van der Waals surface area contributed by atoms with Crippen molar-refractivity contribution in [1.29, 1.82) is 0 Å². The Balaban J connectivity index is 1.96. The lowest BCUT2D eigenvalue weighted by molar-refractivity contribution is -0.332. The molecule has 0 saturated carbocycles. The molecule has 0 aliphatic heterocycles. The van der Waals surface area contributed by atoms with E-state index in [-0.39, 0.29) is 11.0 Å². The summed E-state index contributed by atoms with van der Waals surface area (Å²) in [5.74, 6) is -1.35. The van der Waals surface area contributed by atoms with Gasteiger partial charge in [0.05, 0.1) is 17.0 Å². The highest BCUT2D eigenvalue weighted by Crippen LogP contribution is 2.40. The number of thiazole rings is 1. The fourth-order valence-electron chi connectivity index (χ4n) is 3.49. The first-order chi connectivity index (χ1) is 15.6. The number of aromatic nitrogens is 1. The third kappa shape index (κ3) is 5.61. The van der Waals surface area contributed by atoms with Crippen LogP contribution in [-0.2, 0) is 14.9 Å². The van der Waals surface area contributed by atoms with E-state index in [4.69, 9.17) is 19.3 Å². The summed E-state index contributed by atoms with van der Waals surface area (Å²) in [5, 5.41) is 9.94. The molecular formula is C26H31NO5S. The number of carbonyl (C=O) groups is 1. The van der Waals surface area contributed by atoms with E-state index < -0.39 is 11.9 Å². The molecule has 0 aliphatic carbocycles. The Bertz CT molecular complexity index is 1090. The summed E-state index contributed by atoms with van der Waals surface area (Å²) in [6.07, 6.45) is 2.39. The number of hydrogen-bond donors (Lipinski definition) is 1. The van der Waals surface area contributed by atoms with Crippen LogP contribution in [-0.4, -0.2) is 35.7 Å². The maximum atomic E-state index is 11.1. The van der Waals surface area contributed by atoms with E-state index >= 15 is 0 Å². The Hall–Kier alpha value is -2.74. The van der Waals surface area contributed by atoms with Crippen molar-refractivity contribution in [2.45, 2.75) is 52.4 Å². The molecule has 2 aromatic carbocycles. The van der Waals surface area contributed by atoms with Gasteiger partial charge in [0.15, 0.2) is 0 Å². The lowest BCUT2D eigenvalue weighted by Gasteiger charge is -2.33. The van der Waals surface area contributed by atoms with Crippen molar-refractivity contribution in [3.05, 3.63) is 59.8 Å². The summed E-state index contributed by atoms with van der Waals surface area (Å²) in [7, 11) is 1.59. The van der Waals surface area contributed by atoms with Gasteiger partial charge < -0.3 is 19.3 Å². The molecule has 1 unspecified atom stereocenters. The molecule has 0 fully saturated rings. The summed E-state index contributed by atoms with van der Waals surface area (Å²) in [6.45, 7) is 10.8. The van der Waals surface area contributed by atoms with Crippen LogP contribution >= 0.6 is 11.3 Å². The third-order valence-corrected chi connectivity index (χ3v) is 6.43. The molecule has 1 atom stereocenters. The lowest BCUT2D eigenvalue weighted by atomic mass is 9.85. The van der Waals surface area contributed by atoms with Crippen LogP contribution in [0, 0.1) is 0 Å².